The molecule has 2 amide bonds. The Balaban J connectivity index is 1.68. The first-order chi connectivity index (χ1) is 21.5. The van der Waals surface area contributed by atoms with Crippen molar-refractivity contribution in [1.29, 1.82) is 0 Å². The van der Waals surface area contributed by atoms with Crippen LogP contribution in [0.2, 0.25) is 0 Å². The largest absolute Gasteiger partial charge is 0.304 e. The maximum Gasteiger partial charge on any atom is 0.261 e. The Hall–Kier alpha value is -3.80. The number of amides is 2. The lowest BCUT2D eigenvalue weighted by atomic mass is 10.0. The lowest BCUT2D eigenvalue weighted by molar-refractivity contribution is -0.129. The van der Waals surface area contributed by atoms with Gasteiger partial charge in [-0.1, -0.05) is 139 Å². The van der Waals surface area contributed by atoms with E-state index in [0.717, 1.165) is 75.3 Å². The van der Waals surface area contributed by atoms with Crippen LogP contribution in [0.25, 0.3) is 0 Å². The minimum atomic E-state index is -0.389. The van der Waals surface area contributed by atoms with E-state index in [0.29, 0.717) is 13.1 Å². The van der Waals surface area contributed by atoms with Gasteiger partial charge in [0, 0.05) is 25.9 Å². The SMILES string of the molecule is CCCCCCCCN1C(=O)C2=C(C(=O)Cc3ccccc3)N(CCCCCCCC)C(=O)C2=C1C(=O)Cc1ccccc1. The molecule has 0 radical (unpaired) electrons. The van der Waals surface area contributed by atoms with Gasteiger partial charge in [-0.3, -0.25) is 19.2 Å². The molecule has 2 heterocycles. The first-order valence-corrected chi connectivity index (χ1v) is 16.7. The fourth-order valence-corrected chi connectivity index (χ4v) is 6.23. The van der Waals surface area contributed by atoms with Gasteiger partial charge in [-0.15, -0.1) is 0 Å². The summed E-state index contributed by atoms with van der Waals surface area (Å²) in [5, 5.41) is 0. The lowest BCUT2D eigenvalue weighted by Gasteiger charge is -2.24. The minimum Gasteiger partial charge on any atom is -0.304 e. The molecule has 2 aliphatic rings. The van der Waals surface area contributed by atoms with Crippen molar-refractivity contribution in [2.75, 3.05) is 13.1 Å². The summed E-state index contributed by atoms with van der Waals surface area (Å²) in [5.74, 6) is -1.30. The van der Waals surface area contributed by atoms with E-state index in [9.17, 15) is 19.2 Å². The second-order valence-corrected chi connectivity index (χ2v) is 12.1. The van der Waals surface area contributed by atoms with E-state index in [1.165, 1.54) is 22.6 Å². The Bertz CT molecular complexity index is 1250. The summed E-state index contributed by atoms with van der Waals surface area (Å²) in [7, 11) is 0. The number of rotatable bonds is 20. The van der Waals surface area contributed by atoms with Gasteiger partial charge in [0.05, 0.1) is 11.1 Å². The Labute approximate surface area is 263 Å². The number of hydrogen-bond donors (Lipinski definition) is 0. The van der Waals surface area contributed by atoms with Crippen LogP contribution in [0, 0.1) is 0 Å². The molecule has 0 saturated heterocycles. The fraction of sp³-hybridized carbons (Fsp3) is 0.474. The van der Waals surface area contributed by atoms with Gasteiger partial charge in [0.1, 0.15) is 11.4 Å². The molecular weight excluding hydrogens is 548 g/mol. The number of unbranched alkanes of at least 4 members (excludes halogenated alkanes) is 10. The standard InChI is InChI=1S/C38H48N2O4/c1-3-5-7-9-11-19-25-39-35(31(41)27-29-21-15-13-16-22-29)33-34(37(39)43)36(32(42)28-30-23-17-14-18-24-30)40(38(33)44)26-20-12-10-8-6-4-2/h13-18,21-24H,3-12,19-20,25-28H2,1-2H3. The smallest absolute Gasteiger partial charge is 0.261 e. The molecule has 4 rings (SSSR count). The van der Waals surface area contributed by atoms with E-state index >= 15 is 0 Å². The molecule has 2 aromatic carbocycles. The number of carbonyl (C=O) groups excluding carboxylic acids is 4. The van der Waals surface area contributed by atoms with Gasteiger partial charge in [0.2, 0.25) is 0 Å². The number of fused-ring (bicyclic) bond motifs is 1. The molecule has 0 fully saturated rings. The van der Waals surface area contributed by atoms with Crippen LogP contribution in [0.1, 0.15) is 102 Å². The number of nitrogens with zero attached hydrogens (tertiary/aromatic N) is 2. The molecule has 0 N–H and O–H groups in total. The van der Waals surface area contributed by atoms with Gasteiger partial charge >= 0.3 is 0 Å². The Morgan fingerprint density at radius 1 is 0.500 bits per heavy atom. The molecule has 44 heavy (non-hydrogen) atoms. The molecular formula is C38H48N2O4. The van der Waals surface area contributed by atoms with Crippen molar-refractivity contribution in [1.82, 2.24) is 9.80 Å². The second-order valence-electron chi connectivity index (χ2n) is 12.1. The van der Waals surface area contributed by atoms with Crippen molar-refractivity contribution < 1.29 is 19.2 Å². The van der Waals surface area contributed by atoms with E-state index in [2.05, 4.69) is 13.8 Å². The molecule has 0 unspecified atom stereocenters. The highest BCUT2D eigenvalue weighted by molar-refractivity contribution is 6.28. The third-order valence-electron chi connectivity index (χ3n) is 8.60. The number of hydrogen-bond acceptors (Lipinski definition) is 4. The Morgan fingerprint density at radius 3 is 1.20 bits per heavy atom. The van der Waals surface area contributed by atoms with Crippen molar-refractivity contribution in [3.63, 3.8) is 0 Å². The van der Waals surface area contributed by atoms with E-state index < -0.39 is 0 Å². The number of carbonyl (C=O) groups is 4. The first-order valence-electron chi connectivity index (χ1n) is 16.7. The third-order valence-corrected chi connectivity index (χ3v) is 8.60. The van der Waals surface area contributed by atoms with Crippen LogP contribution in [0.4, 0.5) is 0 Å². The molecule has 0 saturated carbocycles. The van der Waals surface area contributed by atoms with Crippen LogP contribution in [-0.2, 0) is 32.0 Å². The normalized spacial score (nSPS) is 14.7. The summed E-state index contributed by atoms with van der Waals surface area (Å²) in [6.07, 6.45) is 12.6. The van der Waals surface area contributed by atoms with Gasteiger partial charge in [-0.2, -0.15) is 0 Å². The highest BCUT2D eigenvalue weighted by Gasteiger charge is 2.51. The summed E-state index contributed by atoms with van der Waals surface area (Å²) in [4.78, 5) is 59.2. The van der Waals surface area contributed by atoms with Crippen LogP contribution in [0.15, 0.2) is 83.2 Å². The number of ketones is 2. The maximum atomic E-state index is 14.2. The summed E-state index contributed by atoms with van der Waals surface area (Å²) >= 11 is 0. The van der Waals surface area contributed by atoms with Crippen LogP contribution in [-0.4, -0.2) is 46.3 Å². The highest BCUT2D eigenvalue weighted by atomic mass is 16.2. The molecule has 0 spiro atoms. The van der Waals surface area contributed by atoms with Crippen LogP contribution in [0.3, 0.4) is 0 Å². The fourth-order valence-electron chi connectivity index (χ4n) is 6.23. The van der Waals surface area contributed by atoms with Crippen molar-refractivity contribution in [3.8, 4) is 0 Å². The van der Waals surface area contributed by atoms with Gasteiger partial charge in [0.15, 0.2) is 11.6 Å². The average molecular weight is 597 g/mol. The number of Topliss-reactive ketones (excluding diaryl/α,β-unsaturated/α-hetero) is 2. The molecule has 2 aliphatic heterocycles. The van der Waals surface area contributed by atoms with Gasteiger partial charge < -0.3 is 9.80 Å². The predicted octanol–water partition coefficient (Wildman–Crippen LogP) is 7.52. The minimum absolute atomic E-state index is 0.0885. The molecule has 6 nitrogen and oxygen atoms in total. The molecule has 6 heteroatoms. The Kier molecular flexibility index (Phi) is 12.7. The van der Waals surface area contributed by atoms with Crippen molar-refractivity contribution >= 4 is 23.4 Å². The monoisotopic (exact) mass is 596 g/mol. The molecule has 2 aromatic rings. The lowest BCUT2D eigenvalue weighted by Crippen LogP contribution is -2.36. The first kappa shape index (κ1) is 33.1. The molecule has 0 aromatic heterocycles. The molecule has 0 atom stereocenters. The molecule has 0 aliphatic carbocycles. The zero-order valence-electron chi connectivity index (χ0n) is 26.6. The molecule has 234 valence electrons. The van der Waals surface area contributed by atoms with Crippen molar-refractivity contribution in [2.24, 2.45) is 0 Å². The highest BCUT2D eigenvalue weighted by Crippen LogP contribution is 2.41. The molecule has 0 bridgehead atoms. The summed E-state index contributed by atoms with van der Waals surface area (Å²) in [6.45, 7) is 5.07. The van der Waals surface area contributed by atoms with Crippen LogP contribution < -0.4 is 0 Å². The Morgan fingerprint density at radius 2 is 0.841 bits per heavy atom. The van der Waals surface area contributed by atoms with E-state index in [4.69, 9.17) is 0 Å². The van der Waals surface area contributed by atoms with E-state index in [1.807, 2.05) is 60.7 Å². The maximum absolute atomic E-state index is 14.2. The van der Waals surface area contributed by atoms with Crippen LogP contribution >= 0.6 is 0 Å². The second kappa shape index (κ2) is 16.9. The summed E-state index contributed by atoms with van der Waals surface area (Å²) in [6, 6.07) is 18.8. The topological polar surface area (TPSA) is 74.8 Å². The van der Waals surface area contributed by atoms with E-state index in [-0.39, 0.29) is 58.8 Å². The van der Waals surface area contributed by atoms with Gasteiger partial charge in [-0.25, -0.2) is 0 Å². The summed E-state index contributed by atoms with van der Waals surface area (Å²) < 4.78 is 0. The predicted molar refractivity (Wildman–Crippen MR) is 175 cm³/mol. The van der Waals surface area contributed by atoms with Crippen molar-refractivity contribution in [3.05, 3.63) is 94.3 Å². The summed E-state index contributed by atoms with van der Waals surface area (Å²) in [5.41, 5.74) is 2.24. The number of allylic oxidation sites excluding steroid dienone is 2. The van der Waals surface area contributed by atoms with Crippen molar-refractivity contribution in [2.45, 2.75) is 104 Å². The number of benzene rings is 2. The van der Waals surface area contributed by atoms with Crippen LogP contribution in [0.5, 0.6) is 0 Å². The van der Waals surface area contributed by atoms with Gasteiger partial charge in [-0.05, 0) is 24.0 Å². The average Bonchev–Trinajstić information content (AvgIpc) is 3.48. The quantitative estimate of drug-likeness (QED) is 0.148. The zero-order valence-corrected chi connectivity index (χ0v) is 26.6. The van der Waals surface area contributed by atoms with E-state index in [1.54, 1.807) is 0 Å². The van der Waals surface area contributed by atoms with Gasteiger partial charge in [0.25, 0.3) is 11.8 Å². The third kappa shape index (κ3) is 8.22. The zero-order chi connectivity index (χ0) is 31.3.